The molecule has 0 bridgehead atoms. The maximum absolute atomic E-state index is 8.83. The molecule has 3 rings (SSSR count). The zero-order valence-electron chi connectivity index (χ0n) is 11.6. The first-order valence-electron chi connectivity index (χ1n) is 6.59. The van der Waals surface area contributed by atoms with Gasteiger partial charge in [0, 0.05) is 39.7 Å². The third-order valence-electron chi connectivity index (χ3n) is 3.36. The van der Waals surface area contributed by atoms with Crippen LogP contribution in [0.1, 0.15) is 11.3 Å². The number of hydrogen-bond acceptors (Lipinski definition) is 4. The lowest BCUT2D eigenvalue weighted by molar-refractivity contribution is 1.22. The van der Waals surface area contributed by atoms with Crippen molar-refractivity contribution >= 4 is 27.8 Å². The van der Waals surface area contributed by atoms with Gasteiger partial charge in [0.15, 0.2) is 0 Å². The smallest absolute Gasteiger partial charge is 0.0991 e. The second-order valence-electron chi connectivity index (χ2n) is 4.89. The van der Waals surface area contributed by atoms with Crippen molar-refractivity contribution in [2.45, 2.75) is 6.92 Å². The van der Waals surface area contributed by atoms with Crippen LogP contribution in [0.15, 0.2) is 48.7 Å². The number of nitriles is 1. The minimum Gasteiger partial charge on any atom is -0.398 e. The van der Waals surface area contributed by atoms with E-state index in [1.165, 1.54) is 0 Å². The molecule has 0 aliphatic heterocycles. The number of hydrogen-bond donors (Lipinski definition) is 2. The van der Waals surface area contributed by atoms with E-state index in [2.05, 4.69) is 16.4 Å². The van der Waals surface area contributed by atoms with Gasteiger partial charge in [-0.3, -0.25) is 4.98 Å². The summed E-state index contributed by atoms with van der Waals surface area (Å²) in [6, 6.07) is 15.3. The van der Waals surface area contributed by atoms with Gasteiger partial charge in [-0.2, -0.15) is 5.26 Å². The van der Waals surface area contributed by atoms with Crippen molar-refractivity contribution in [1.29, 1.82) is 5.26 Å². The highest BCUT2D eigenvalue weighted by atomic mass is 14.9. The molecule has 3 N–H and O–H groups in total. The first-order valence-corrected chi connectivity index (χ1v) is 6.59. The number of aromatic nitrogens is 1. The van der Waals surface area contributed by atoms with E-state index in [0.717, 1.165) is 27.8 Å². The molecule has 0 aliphatic carbocycles. The number of nitrogens with one attached hydrogen (secondary N) is 1. The molecule has 0 radical (unpaired) electrons. The van der Waals surface area contributed by atoms with E-state index in [1.54, 1.807) is 18.3 Å². The standard InChI is InChI=1S/C17H14N4/c1-11-8-14-15(10-20-11)16(19)6-7-17(14)21-13-4-2-12(9-18)3-5-13/h2-8,10,21H,19H2,1H3. The van der Waals surface area contributed by atoms with E-state index in [1.807, 2.05) is 37.3 Å². The van der Waals surface area contributed by atoms with Crippen molar-refractivity contribution in [3.63, 3.8) is 0 Å². The summed E-state index contributed by atoms with van der Waals surface area (Å²) in [5.41, 5.74) is 10.2. The Kier molecular flexibility index (Phi) is 3.17. The quantitative estimate of drug-likeness (QED) is 0.698. The van der Waals surface area contributed by atoms with Crippen molar-refractivity contribution in [2.24, 2.45) is 0 Å². The number of nitrogens with zero attached hydrogens (tertiary/aromatic N) is 2. The summed E-state index contributed by atoms with van der Waals surface area (Å²) < 4.78 is 0. The molecule has 0 saturated heterocycles. The molecule has 3 aromatic rings. The number of nitrogens with two attached hydrogens (primary N) is 1. The maximum atomic E-state index is 8.83. The van der Waals surface area contributed by atoms with Gasteiger partial charge in [0.1, 0.15) is 0 Å². The van der Waals surface area contributed by atoms with Crippen LogP contribution in [0.5, 0.6) is 0 Å². The largest absolute Gasteiger partial charge is 0.398 e. The van der Waals surface area contributed by atoms with Crippen molar-refractivity contribution < 1.29 is 0 Å². The van der Waals surface area contributed by atoms with Crippen LogP contribution in [-0.2, 0) is 0 Å². The van der Waals surface area contributed by atoms with Gasteiger partial charge in [-0.15, -0.1) is 0 Å². The van der Waals surface area contributed by atoms with Gasteiger partial charge in [0.25, 0.3) is 0 Å². The lowest BCUT2D eigenvalue weighted by atomic mass is 10.1. The van der Waals surface area contributed by atoms with Crippen LogP contribution in [0.3, 0.4) is 0 Å². The topological polar surface area (TPSA) is 74.7 Å². The van der Waals surface area contributed by atoms with E-state index < -0.39 is 0 Å². The average Bonchev–Trinajstić information content (AvgIpc) is 2.51. The van der Waals surface area contributed by atoms with E-state index in [0.29, 0.717) is 11.3 Å². The van der Waals surface area contributed by atoms with Crippen LogP contribution in [0, 0.1) is 18.3 Å². The van der Waals surface area contributed by atoms with E-state index in [-0.39, 0.29) is 0 Å². The fraction of sp³-hybridized carbons (Fsp3) is 0.0588. The molecule has 0 spiro atoms. The number of pyridine rings is 1. The molecule has 0 atom stereocenters. The predicted octanol–water partition coefficient (Wildman–Crippen LogP) is 3.74. The van der Waals surface area contributed by atoms with Crippen molar-refractivity contribution in [2.75, 3.05) is 11.1 Å². The summed E-state index contributed by atoms with van der Waals surface area (Å²) in [5, 5.41) is 14.2. The Morgan fingerprint density at radius 1 is 1.10 bits per heavy atom. The highest BCUT2D eigenvalue weighted by molar-refractivity contribution is 6.01. The summed E-state index contributed by atoms with van der Waals surface area (Å²) in [7, 11) is 0. The highest BCUT2D eigenvalue weighted by Gasteiger charge is 2.05. The van der Waals surface area contributed by atoms with Crippen molar-refractivity contribution in [3.05, 3.63) is 59.9 Å². The zero-order chi connectivity index (χ0) is 14.8. The molecule has 21 heavy (non-hydrogen) atoms. The average molecular weight is 274 g/mol. The molecular weight excluding hydrogens is 260 g/mol. The fourth-order valence-electron chi connectivity index (χ4n) is 2.26. The molecule has 4 heteroatoms. The summed E-state index contributed by atoms with van der Waals surface area (Å²) in [4.78, 5) is 4.30. The first-order chi connectivity index (χ1) is 10.2. The van der Waals surface area contributed by atoms with E-state index in [9.17, 15) is 0 Å². The Morgan fingerprint density at radius 3 is 2.57 bits per heavy atom. The molecular formula is C17H14N4. The SMILES string of the molecule is Cc1cc2c(Nc3ccc(C#N)cc3)ccc(N)c2cn1. The summed E-state index contributed by atoms with van der Waals surface area (Å²) in [5.74, 6) is 0. The van der Waals surface area contributed by atoms with Crippen LogP contribution in [0.4, 0.5) is 17.1 Å². The molecule has 1 aromatic heterocycles. The number of fused-ring (bicyclic) bond motifs is 1. The molecule has 0 amide bonds. The molecule has 102 valence electrons. The minimum absolute atomic E-state index is 0.641. The first kappa shape index (κ1) is 12.9. The molecule has 1 heterocycles. The fourth-order valence-corrected chi connectivity index (χ4v) is 2.26. The van der Waals surface area contributed by atoms with Crippen LogP contribution in [-0.4, -0.2) is 4.98 Å². The Bertz CT molecular complexity index is 845. The normalized spacial score (nSPS) is 10.3. The minimum atomic E-state index is 0.641. The van der Waals surface area contributed by atoms with Crippen LogP contribution < -0.4 is 11.1 Å². The third-order valence-corrected chi connectivity index (χ3v) is 3.36. The van der Waals surface area contributed by atoms with Crippen molar-refractivity contribution in [1.82, 2.24) is 4.98 Å². The van der Waals surface area contributed by atoms with Crippen LogP contribution in [0.25, 0.3) is 10.8 Å². The summed E-state index contributed by atoms with van der Waals surface area (Å²) >= 11 is 0. The van der Waals surface area contributed by atoms with Crippen LogP contribution >= 0.6 is 0 Å². The predicted molar refractivity (Wildman–Crippen MR) is 85.3 cm³/mol. The molecule has 0 saturated carbocycles. The van der Waals surface area contributed by atoms with Gasteiger partial charge in [0.2, 0.25) is 0 Å². The third kappa shape index (κ3) is 2.49. The lowest BCUT2D eigenvalue weighted by Crippen LogP contribution is -1.95. The summed E-state index contributed by atoms with van der Waals surface area (Å²) in [6.07, 6.45) is 1.80. The number of nitrogen functional groups attached to an aromatic ring is 1. The number of anilines is 3. The van der Waals surface area contributed by atoms with Crippen molar-refractivity contribution in [3.8, 4) is 6.07 Å². The van der Waals surface area contributed by atoms with Crippen LogP contribution in [0.2, 0.25) is 0 Å². The molecule has 4 nitrogen and oxygen atoms in total. The Labute approximate surface area is 122 Å². The second-order valence-corrected chi connectivity index (χ2v) is 4.89. The number of rotatable bonds is 2. The Morgan fingerprint density at radius 2 is 1.86 bits per heavy atom. The zero-order valence-corrected chi connectivity index (χ0v) is 11.6. The molecule has 2 aromatic carbocycles. The Hall–Kier alpha value is -3.06. The van der Waals surface area contributed by atoms with Gasteiger partial charge in [-0.1, -0.05) is 0 Å². The van der Waals surface area contributed by atoms with E-state index in [4.69, 9.17) is 11.0 Å². The van der Waals surface area contributed by atoms with Gasteiger partial charge in [-0.25, -0.2) is 0 Å². The Balaban J connectivity index is 2.06. The van der Waals surface area contributed by atoms with Gasteiger partial charge < -0.3 is 11.1 Å². The maximum Gasteiger partial charge on any atom is 0.0991 e. The lowest BCUT2D eigenvalue weighted by Gasteiger charge is -2.12. The van der Waals surface area contributed by atoms with Gasteiger partial charge in [0.05, 0.1) is 11.6 Å². The number of benzene rings is 2. The van der Waals surface area contributed by atoms with Gasteiger partial charge in [-0.05, 0) is 49.4 Å². The summed E-state index contributed by atoms with van der Waals surface area (Å²) in [6.45, 7) is 1.95. The monoisotopic (exact) mass is 274 g/mol. The molecule has 0 aliphatic rings. The number of aryl methyl sites for hydroxylation is 1. The molecule has 0 unspecified atom stereocenters. The highest BCUT2D eigenvalue weighted by Crippen LogP contribution is 2.30. The molecule has 0 fully saturated rings. The second kappa shape index (κ2) is 5.14. The van der Waals surface area contributed by atoms with Gasteiger partial charge >= 0.3 is 0 Å². The van der Waals surface area contributed by atoms with E-state index >= 15 is 0 Å².